The van der Waals surface area contributed by atoms with Crippen molar-refractivity contribution in [2.45, 2.75) is 38.6 Å². The first-order valence-electron chi connectivity index (χ1n) is 7.29. The van der Waals surface area contributed by atoms with Gasteiger partial charge in [-0.25, -0.2) is 4.39 Å². The maximum atomic E-state index is 14.2. The van der Waals surface area contributed by atoms with Gasteiger partial charge in [-0.05, 0) is 50.4 Å². The third kappa shape index (κ3) is 3.47. The quantitative estimate of drug-likeness (QED) is 0.871. The molecule has 1 aliphatic rings. The van der Waals surface area contributed by atoms with Crippen molar-refractivity contribution in [2.75, 3.05) is 25.5 Å². The summed E-state index contributed by atoms with van der Waals surface area (Å²) in [6.07, 6.45) is 5.25. The van der Waals surface area contributed by atoms with E-state index in [9.17, 15) is 4.39 Å². The summed E-state index contributed by atoms with van der Waals surface area (Å²) in [6.45, 7) is 3.01. The molecule has 0 amide bonds. The molecule has 1 aromatic rings. The summed E-state index contributed by atoms with van der Waals surface area (Å²) >= 11 is 0. The molecule has 2 nitrogen and oxygen atoms in total. The number of nitrogens with one attached hydrogen (secondary N) is 1. The van der Waals surface area contributed by atoms with Gasteiger partial charge in [-0.15, -0.1) is 0 Å². The predicted molar refractivity (Wildman–Crippen MR) is 79.1 cm³/mol. The van der Waals surface area contributed by atoms with Crippen molar-refractivity contribution in [1.82, 2.24) is 5.32 Å². The first-order valence-corrected chi connectivity index (χ1v) is 7.29. The second-order valence-electron chi connectivity index (χ2n) is 5.75. The van der Waals surface area contributed by atoms with E-state index in [2.05, 4.69) is 10.2 Å². The van der Waals surface area contributed by atoms with Gasteiger partial charge in [0.2, 0.25) is 0 Å². The molecule has 0 saturated heterocycles. The topological polar surface area (TPSA) is 15.3 Å². The largest absolute Gasteiger partial charge is 0.372 e. The molecule has 0 aromatic heterocycles. The molecule has 2 rings (SSSR count). The van der Waals surface area contributed by atoms with Gasteiger partial charge in [0.15, 0.2) is 0 Å². The van der Waals surface area contributed by atoms with Gasteiger partial charge in [0.05, 0.1) is 5.69 Å². The van der Waals surface area contributed by atoms with Crippen molar-refractivity contribution in [3.05, 3.63) is 29.6 Å². The summed E-state index contributed by atoms with van der Waals surface area (Å²) in [7, 11) is 3.89. The smallest absolute Gasteiger partial charge is 0.146 e. The monoisotopic (exact) mass is 264 g/mol. The zero-order chi connectivity index (χ0) is 13.8. The van der Waals surface area contributed by atoms with E-state index in [4.69, 9.17) is 0 Å². The van der Waals surface area contributed by atoms with E-state index in [1.54, 1.807) is 6.07 Å². The number of hydrogen-bond acceptors (Lipinski definition) is 2. The molecule has 1 aliphatic carbocycles. The Balaban J connectivity index is 2.06. The molecule has 0 bridgehead atoms. The van der Waals surface area contributed by atoms with E-state index in [0.29, 0.717) is 0 Å². The molecule has 106 valence electrons. The van der Waals surface area contributed by atoms with Crippen molar-refractivity contribution in [3.63, 3.8) is 0 Å². The lowest BCUT2D eigenvalue weighted by Gasteiger charge is -2.24. The minimum atomic E-state index is -0.111. The molecule has 1 unspecified atom stereocenters. The maximum absolute atomic E-state index is 14.2. The van der Waals surface area contributed by atoms with E-state index in [1.165, 1.54) is 25.7 Å². The summed E-state index contributed by atoms with van der Waals surface area (Å²) in [5.74, 6) is 0.625. The molecular formula is C16H25FN2. The second-order valence-corrected chi connectivity index (χ2v) is 5.75. The minimum Gasteiger partial charge on any atom is -0.372 e. The van der Waals surface area contributed by atoms with Crippen molar-refractivity contribution in [1.29, 1.82) is 0 Å². The highest BCUT2D eigenvalue weighted by atomic mass is 19.1. The molecule has 1 aromatic carbocycles. The van der Waals surface area contributed by atoms with Crippen LogP contribution in [-0.2, 0) is 0 Å². The fourth-order valence-corrected chi connectivity index (χ4v) is 2.95. The first kappa shape index (κ1) is 14.3. The molecule has 0 heterocycles. The van der Waals surface area contributed by atoms with Crippen LogP contribution in [0.5, 0.6) is 0 Å². The lowest BCUT2D eigenvalue weighted by atomic mass is 10.1. The average Bonchev–Trinajstić information content (AvgIpc) is 2.90. The zero-order valence-electron chi connectivity index (χ0n) is 12.2. The molecule has 3 heteroatoms. The van der Waals surface area contributed by atoms with Crippen LogP contribution in [-0.4, -0.2) is 20.6 Å². The van der Waals surface area contributed by atoms with Crippen molar-refractivity contribution >= 4 is 5.69 Å². The van der Waals surface area contributed by atoms with E-state index in [1.807, 2.05) is 33.2 Å². The van der Waals surface area contributed by atoms with Gasteiger partial charge in [0.25, 0.3) is 0 Å². The highest BCUT2D eigenvalue weighted by molar-refractivity contribution is 5.49. The van der Waals surface area contributed by atoms with Gasteiger partial charge in [0.1, 0.15) is 5.82 Å². The highest BCUT2D eigenvalue weighted by Gasteiger charge is 2.18. The third-order valence-corrected chi connectivity index (χ3v) is 4.32. The summed E-state index contributed by atoms with van der Waals surface area (Å²) in [5, 5.41) is 3.14. The SMILES string of the molecule is CNC(C)c1ccc(N(C)CC2CCCC2)c(F)c1. The standard InChI is InChI=1S/C16H25FN2/c1-12(18-2)14-8-9-16(15(17)10-14)19(3)11-13-6-4-5-7-13/h8-10,12-13,18H,4-7,11H2,1-3H3. The first-order chi connectivity index (χ1) is 9.11. The van der Waals surface area contributed by atoms with Crippen LogP contribution in [0.2, 0.25) is 0 Å². The van der Waals surface area contributed by atoms with Gasteiger partial charge in [-0.1, -0.05) is 18.9 Å². The molecule has 1 saturated carbocycles. The molecule has 0 radical (unpaired) electrons. The molecule has 19 heavy (non-hydrogen) atoms. The van der Waals surface area contributed by atoms with E-state index in [0.717, 1.165) is 23.7 Å². The Morgan fingerprint density at radius 1 is 1.37 bits per heavy atom. The highest BCUT2D eigenvalue weighted by Crippen LogP contribution is 2.28. The number of benzene rings is 1. The predicted octanol–water partition coefficient (Wildman–Crippen LogP) is 3.73. The van der Waals surface area contributed by atoms with Gasteiger partial charge < -0.3 is 10.2 Å². The lowest BCUT2D eigenvalue weighted by Crippen LogP contribution is -2.25. The van der Waals surface area contributed by atoms with Crippen LogP contribution in [0, 0.1) is 11.7 Å². The van der Waals surface area contributed by atoms with Crippen molar-refractivity contribution in [2.24, 2.45) is 5.92 Å². The van der Waals surface area contributed by atoms with Gasteiger partial charge >= 0.3 is 0 Å². The fraction of sp³-hybridized carbons (Fsp3) is 0.625. The van der Waals surface area contributed by atoms with Crippen LogP contribution < -0.4 is 10.2 Å². The normalized spacial score (nSPS) is 17.7. The lowest BCUT2D eigenvalue weighted by molar-refractivity contribution is 0.538. The summed E-state index contributed by atoms with van der Waals surface area (Å²) in [6, 6.07) is 5.77. The van der Waals surface area contributed by atoms with Crippen LogP contribution in [0.25, 0.3) is 0 Å². The van der Waals surface area contributed by atoms with Crippen LogP contribution in [0.4, 0.5) is 10.1 Å². The van der Waals surface area contributed by atoms with E-state index >= 15 is 0 Å². The van der Waals surface area contributed by atoms with Crippen LogP contribution in [0.15, 0.2) is 18.2 Å². The van der Waals surface area contributed by atoms with Crippen molar-refractivity contribution in [3.8, 4) is 0 Å². The van der Waals surface area contributed by atoms with Gasteiger partial charge in [0, 0.05) is 19.6 Å². The van der Waals surface area contributed by atoms with E-state index in [-0.39, 0.29) is 11.9 Å². The van der Waals surface area contributed by atoms with Gasteiger partial charge in [-0.2, -0.15) is 0 Å². The summed E-state index contributed by atoms with van der Waals surface area (Å²) in [5.41, 5.74) is 1.72. The molecule has 1 fully saturated rings. The molecule has 1 N–H and O–H groups in total. The average molecular weight is 264 g/mol. The number of hydrogen-bond donors (Lipinski definition) is 1. The van der Waals surface area contributed by atoms with Crippen LogP contribution >= 0.6 is 0 Å². The Hall–Kier alpha value is -1.09. The number of rotatable bonds is 5. The zero-order valence-corrected chi connectivity index (χ0v) is 12.2. The Labute approximate surface area is 116 Å². The minimum absolute atomic E-state index is 0.111. The van der Waals surface area contributed by atoms with Crippen molar-refractivity contribution < 1.29 is 4.39 Å². The summed E-state index contributed by atoms with van der Waals surface area (Å²) < 4.78 is 14.2. The van der Waals surface area contributed by atoms with Gasteiger partial charge in [-0.3, -0.25) is 0 Å². The molecule has 0 spiro atoms. The molecule has 1 atom stereocenters. The number of nitrogens with zero attached hydrogens (tertiary/aromatic N) is 1. The third-order valence-electron chi connectivity index (χ3n) is 4.32. The Morgan fingerprint density at radius 2 is 2.05 bits per heavy atom. The Morgan fingerprint density at radius 3 is 2.63 bits per heavy atom. The molecular weight excluding hydrogens is 239 g/mol. The Bertz CT molecular complexity index is 413. The van der Waals surface area contributed by atoms with Crippen LogP contribution in [0.1, 0.15) is 44.2 Å². The number of halogens is 1. The fourth-order valence-electron chi connectivity index (χ4n) is 2.95. The van der Waals surface area contributed by atoms with E-state index < -0.39 is 0 Å². The summed E-state index contributed by atoms with van der Waals surface area (Å²) in [4.78, 5) is 2.07. The molecule has 0 aliphatic heterocycles. The Kier molecular flexibility index (Phi) is 4.81. The van der Waals surface area contributed by atoms with Crippen LogP contribution in [0.3, 0.4) is 0 Å². The maximum Gasteiger partial charge on any atom is 0.146 e. The number of anilines is 1. The second kappa shape index (κ2) is 6.38.